The van der Waals surface area contributed by atoms with Crippen molar-refractivity contribution in [1.29, 1.82) is 0 Å². The summed E-state index contributed by atoms with van der Waals surface area (Å²) in [5.41, 5.74) is 4.38. The van der Waals surface area contributed by atoms with E-state index in [2.05, 4.69) is 26.8 Å². The Labute approximate surface area is 190 Å². The maximum atomic E-state index is 13.4. The molecule has 0 amide bonds. The first-order valence-electron chi connectivity index (χ1n) is 10.4. The maximum Gasteiger partial charge on any atom is 0.138 e. The molecule has 3 aromatic rings. The first kappa shape index (κ1) is 22.1. The lowest BCUT2D eigenvalue weighted by Gasteiger charge is -2.22. The van der Waals surface area contributed by atoms with Gasteiger partial charge >= 0.3 is 0 Å². The van der Waals surface area contributed by atoms with Crippen LogP contribution < -0.4 is 0 Å². The summed E-state index contributed by atoms with van der Waals surface area (Å²) < 4.78 is 35.9. The van der Waals surface area contributed by atoms with E-state index >= 15 is 0 Å². The Morgan fingerprint density at radius 1 is 1.00 bits per heavy atom. The third-order valence-electron chi connectivity index (χ3n) is 5.53. The zero-order valence-corrected chi connectivity index (χ0v) is 19.1. The van der Waals surface area contributed by atoms with Gasteiger partial charge in [-0.1, -0.05) is 30.3 Å². The summed E-state index contributed by atoms with van der Waals surface area (Å²) in [5, 5.41) is 1.01. The summed E-state index contributed by atoms with van der Waals surface area (Å²) in [6, 6.07) is 13.3. The van der Waals surface area contributed by atoms with E-state index in [4.69, 9.17) is 0 Å². The van der Waals surface area contributed by atoms with E-state index in [0.29, 0.717) is 0 Å². The van der Waals surface area contributed by atoms with Gasteiger partial charge in [-0.05, 0) is 73.0 Å². The number of nitrogens with zero attached hydrogens (tertiary/aromatic N) is 3. The second kappa shape index (κ2) is 10.5. The average molecular weight is 458 g/mol. The minimum absolute atomic E-state index is 0.101. The van der Waals surface area contributed by atoms with Crippen molar-refractivity contribution in [3.63, 3.8) is 0 Å². The molecule has 0 radical (unpaired) electrons. The summed E-state index contributed by atoms with van der Waals surface area (Å²) in [4.78, 5) is 2.30. The molecule has 2 aromatic carbocycles. The molecule has 31 heavy (non-hydrogen) atoms. The van der Waals surface area contributed by atoms with Crippen molar-refractivity contribution < 1.29 is 8.78 Å². The lowest BCUT2D eigenvalue weighted by atomic mass is 9.88. The number of benzene rings is 2. The van der Waals surface area contributed by atoms with Crippen LogP contribution in [-0.2, 0) is 0 Å². The largest absolute Gasteiger partial charge is 0.302 e. The van der Waals surface area contributed by atoms with E-state index in [1.165, 1.54) is 41.6 Å². The fraction of sp³-hybridized carbons (Fsp3) is 0.333. The zero-order valence-electron chi connectivity index (χ0n) is 17.4. The zero-order chi connectivity index (χ0) is 21.6. The van der Waals surface area contributed by atoms with E-state index in [9.17, 15) is 8.78 Å². The van der Waals surface area contributed by atoms with Gasteiger partial charge < -0.3 is 4.90 Å². The van der Waals surface area contributed by atoms with Crippen LogP contribution in [0, 0.1) is 11.6 Å². The van der Waals surface area contributed by atoms with Crippen LogP contribution in [0.2, 0.25) is 0 Å². The molecule has 0 saturated carbocycles. The van der Waals surface area contributed by atoms with Gasteiger partial charge in [0, 0.05) is 19.0 Å². The maximum absolute atomic E-state index is 13.4. The molecule has 4 rings (SSSR count). The SMILES string of the molecule is CN1CCC=C(c2nsnc2SCCCC(c2ccc(F)cc2)c2ccc(F)cc2)C1. The topological polar surface area (TPSA) is 29.0 Å². The van der Waals surface area contributed by atoms with E-state index in [-0.39, 0.29) is 17.6 Å². The highest BCUT2D eigenvalue weighted by molar-refractivity contribution is 7.99. The molecule has 162 valence electrons. The van der Waals surface area contributed by atoms with Crippen molar-refractivity contribution in [3.8, 4) is 0 Å². The third-order valence-corrected chi connectivity index (χ3v) is 7.22. The highest BCUT2D eigenvalue weighted by atomic mass is 32.2. The van der Waals surface area contributed by atoms with Gasteiger partial charge in [0.25, 0.3) is 0 Å². The van der Waals surface area contributed by atoms with Crippen molar-refractivity contribution in [2.24, 2.45) is 0 Å². The predicted molar refractivity (Wildman–Crippen MR) is 125 cm³/mol. The predicted octanol–water partition coefficient (Wildman–Crippen LogP) is 6.24. The summed E-state index contributed by atoms with van der Waals surface area (Å²) >= 11 is 3.01. The lowest BCUT2D eigenvalue weighted by Crippen LogP contribution is -2.25. The molecule has 0 atom stereocenters. The fourth-order valence-corrected chi connectivity index (χ4v) is 5.58. The summed E-state index contributed by atoms with van der Waals surface area (Å²) in [7, 11) is 2.13. The van der Waals surface area contributed by atoms with Crippen molar-refractivity contribution in [2.75, 3.05) is 25.9 Å². The molecule has 2 heterocycles. The first-order chi connectivity index (χ1) is 15.1. The fourth-order valence-electron chi connectivity index (χ4n) is 3.91. The minimum Gasteiger partial charge on any atom is -0.302 e. The van der Waals surface area contributed by atoms with Gasteiger partial charge in [-0.25, -0.2) is 8.78 Å². The Morgan fingerprint density at radius 3 is 2.26 bits per heavy atom. The Morgan fingerprint density at radius 2 is 1.65 bits per heavy atom. The highest BCUT2D eigenvalue weighted by Crippen LogP contribution is 2.33. The molecule has 3 nitrogen and oxygen atoms in total. The van der Waals surface area contributed by atoms with Crippen LogP contribution in [0.5, 0.6) is 0 Å². The van der Waals surface area contributed by atoms with E-state index in [0.717, 1.165) is 60.0 Å². The molecule has 1 aliphatic rings. The van der Waals surface area contributed by atoms with Crippen molar-refractivity contribution in [2.45, 2.75) is 30.2 Å². The van der Waals surface area contributed by atoms with Crippen LogP contribution in [0.3, 0.4) is 0 Å². The average Bonchev–Trinajstić information content (AvgIpc) is 3.24. The summed E-state index contributed by atoms with van der Waals surface area (Å²) in [5.74, 6) is 0.525. The van der Waals surface area contributed by atoms with E-state index < -0.39 is 0 Å². The van der Waals surface area contributed by atoms with Gasteiger partial charge in [0.15, 0.2) is 0 Å². The van der Waals surface area contributed by atoms with Crippen LogP contribution in [0.25, 0.3) is 5.57 Å². The second-order valence-corrected chi connectivity index (χ2v) is 9.43. The molecule has 0 spiro atoms. The molecule has 1 aliphatic heterocycles. The van der Waals surface area contributed by atoms with Gasteiger partial charge in [0.05, 0.1) is 11.7 Å². The molecule has 0 fully saturated rings. The van der Waals surface area contributed by atoms with Crippen molar-refractivity contribution in [3.05, 3.63) is 83.1 Å². The normalized spacial score (nSPS) is 14.8. The van der Waals surface area contributed by atoms with Gasteiger partial charge in [-0.3, -0.25) is 0 Å². The van der Waals surface area contributed by atoms with Crippen LogP contribution in [0.15, 0.2) is 59.6 Å². The van der Waals surface area contributed by atoms with E-state index in [1.807, 2.05) is 24.3 Å². The number of aromatic nitrogens is 2. The van der Waals surface area contributed by atoms with Gasteiger partial charge in [0.1, 0.15) is 22.4 Å². The smallest absolute Gasteiger partial charge is 0.138 e. The Balaban J connectivity index is 1.41. The Bertz CT molecular complexity index is 971. The summed E-state index contributed by atoms with van der Waals surface area (Å²) in [6.07, 6.45) is 5.17. The summed E-state index contributed by atoms with van der Waals surface area (Å²) in [6.45, 7) is 1.99. The molecule has 0 saturated heterocycles. The Kier molecular flexibility index (Phi) is 7.48. The van der Waals surface area contributed by atoms with Crippen LogP contribution in [0.1, 0.15) is 42.0 Å². The lowest BCUT2D eigenvalue weighted by molar-refractivity contribution is 0.372. The molecule has 0 unspecified atom stereocenters. The first-order valence-corrected chi connectivity index (χ1v) is 12.2. The molecule has 7 heteroatoms. The monoisotopic (exact) mass is 457 g/mol. The number of halogens is 2. The molecule has 0 N–H and O–H groups in total. The number of rotatable bonds is 8. The number of thioether (sulfide) groups is 1. The molecule has 0 bridgehead atoms. The van der Waals surface area contributed by atoms with Crippen LogP contribution in [-0.4, -0.2) is 39.5 Å². The van der Waals surface area contributed by atoms with E-state index in [1.54, 1.807) is 11.8 Å². The molecular formula is C24H25F2N3S2. The number of likely N-dealkylation sites (N-methyl/N-ethyl adjacent to an activating group) is 1. The standard InChI is InChI=1S/C24H25F2N3S2/c1-29-14-2-4-19(16-29)23-24(28-31-27-23)30-15-3-5-22(17-6-10-20(25)11-7-17)18-8-12-21(26)13-9-18/h4,6-13,22H,2-3,5,14-16H2,1H3. The molecular weight excluding hydrogens is 432 g/mol. The van der Waals surface area contributed by atoms with Gasteiger partial charge in [0.2, 0.25) is 0 Å². The Hall–Kier alpha value is -2.09. The van der Waals surface area contributed by atoms with Gasteiger partial charge in [-0.15, -0.1) is 11.8 Å². The second-order valence-electron chi connectivity index (χ2n) is 7.82. The van der Waals surface area contributed by atoms with Gasteiger partial charge in [-0.2, -0.15) is 8.75 Å². The third kappa shape index (κ3) is 5.79. The number of hydrogen-bond acceptors (Lipinski definition) is 5. The molecule has 0 aliphatic carbocycles. The molecule has 1 aromatic heterocycles. The van der Waals surface area contributed by atoms with Crippen LogP contribution in [0.4, 0.5) is 8.78 Å². The number of hydrogen-bond donors (Lipinski definition) is 0. The van der Waals surface area contributed by atoms with Crippen molar-refractivity contribution >= 4 is 29.1 Å². The quantitative estimate of drug-likeness (QED) is 0.296. The van der Waals surface area contributed by atoms with Crippen molar-refractivity contribution in [1.82, 2.24) is 13.6 Å². The van der Waals surface area contributed by atoms with Crippen LogP contribution >= 0.6 is 23.5 Å². The minimum atomic E-state index is -0.247. The highest BCUT2D eigenvalue weighted by Gasteiger charge is 2.19.